The fourth-order valence-electron chi connectivity index (χ4n) is 2.48. The Kier molecular flexibility index (Phi) is 6.48. The van der Waals surface area contributed by atoms with Gasteiger partial charge in [-0.25, -0.2) is 0 Å². The number of carbonyl (C=O) groups is 2. The molecule has 8 heteroatoms. The summed E-state index contributed by atoms with van der Waals surface area (Å²) in [6.07, 6.45) is 0. The topological polar surface area (TPSA) is 102 Å². The Morgan fingerprint density at radius 1 is 1.19 bits per heavy atom. The minimum Gasteiger partial charge on any atom is -0.495 e. The molecule has 0 fully saturated rings. The molecule has 27 heavy (non-hydrogen) atoms. The van der Waals surface area contributed by atoms with E-state index in [0.717, 1.165) is 11.6 Å². The van der Waals surface area contributed by atoms with Gasteiger partial charge in [-0.3, -0.25) is 19.7 Å². The van der Waals surface area contributed by atoms with E-state index in [2.05, 4.69) is 5.32 Å². The van der Waals surface area contributed by atoms with Crippen LogP contribution in [0.25, 0.3) is 0 Å². The molecule has 0 aliphatic heterocycles. The Hall–Kier alpha value is -3.42. The van der Waals surface area contributed by atoms with Crippen LogP contribution in [-0.2, 0) is 16.1 Å². The number of nitrogens with zero attached hydrogens (tertiary/aromatic N) is 2. The number of anilines is 1. The Morgan fingerprint density at radius 3 is 2.41 bits per heavy atom. The smallest absolute Gasteiger partial charge is 0.314 e. The van der Waals surface area contributed by atoms with Crippen molar-refractivity contribution in [3.8, 4) is 5.75 Å². The van der Waals surface area contributed by atoms with Crippen molar-refractivity contribution in [2.24, 2.45) is 0 Å². The van der Waals surface area contributed by atoms with E-state index in [1.165, 1.54) is 24.1 Å². The molecule has 2 aromatic rings. The molecule has 2 rings (SSSR count). The second-order valence-corrected chi connectivity index (χ2v) is 6.11. The summed E-state index contributed by atoms with van der Waals surface area (Å²) in [5.41, 5.74) is 0.734. The Labute approximate surface area is 156 Å². The van der Waals surface area contributed by atoms with Crippen LogP contribution in [0.15, 0.2) is 48.5 Å². The summed E-state index contributed by atoms with van der Waals surface area (Å²) in [6, 6.07) is 12.9. The molecule has 0 aliphatic rings. The average Bonchev–Trinajstić information content (AvgIpc) is 2.66. The molecule has 1 N–H and O–H groups in total. The molecule has 0 bridgehead atoms. The van der Waals surface area contributed by atoms with Gasteiger partial charge >= 0.3 is 11.8 Å². The van der Waals surface area contributed by atoms with Crippen molar-refractivity contribution in [1.29, 1.82) is 0 Å². The molecular weight excluding hydrogens is 350 g/mol. The first kappa shape index (κ1) is 19.9. The Balaban J connectivity index is 2.21. The molecule has 0 aliphatic carbocycles. The summed E-state index contributed by atoms with van der Waals surface area (Å²) < 4.78 is 5.10. The van der Waals surface area contributed by atoms with Gasteiger partial charge < -0.3 is 15.0 Å². The third-order valence-electron chi connectivity index (χ3n) is 3.92. The minimum atomic E-state index is -0.890. The van der Waals surface area contributed by atoms with E-state index >= 15 is 0 Å². The largest absolute Gasteiger partial charge is 0.495 e. The van der Waals surface area contributed by atoms with Crippen LogP contribution >= 0.6 is 0 Å². The van der Waals surface area contributed by atoms with E-state index in [1.54, 1.807) is 0 Å². The summed E-state index contributed by atoms with van der Waals surface area (Å²) in [5.74, 6) is -1.40. The molecule has 0 saturated heterocycles. The lowest BCUT2D eigenvalue weighted by atomic mass is 10.2. The molecule has 2 amide bonds. The molecule has 8 nitrogen and oxygen atoms in total. The highest BCUT2D eigenvalue weighted by Gasteiger charge is 2.26. The van der Waals surface area contributed by atoms with Crippen molar-refractivity contribution in [2.75, 3.05) is 12.4 Å². The maximum absolute atomic E-state index is 12.7. The molecule has 0 unspecified atom stereocenters. The first-order valence-electron chi connectivity index (χ1n) is 8.31. The number of hydrogen-bond donors (Lipinski definition) is 1. The van der Waals surface area contributed by atoms with E-state index in [1.807, 2.05) is 44.2 Å². The van der Waals surface area contributed by atoms with E-state index < -0.39 is 16.7 Å². The fourth-order valence-corrected chi connectivity index (χ4v) is 2.48. The second kappa shape index (κ2) is 8.79. The van der Waals surface area contributed by atoms with Gasteiger partial charge in [0.15, 0.2) is 0 Å². The number of methoxy groups -OCH3 is 1. The normalized spacial score (nSPS) is 10.4. The van der Waals surface area contributed by atoms with Crippen LogP contribution in [0.3, 0.4) is 0 Å². The number of carbonyl (C=O) groups excluding carboxylic acids is 2. The van der Waals surface area contributed by atoms with Crippen LogP contribution < -0.4 is 10.1 Å². The van der Waals surface area contributed by atoms with E-state index in [9.17, 15) is 19.7 Å². The number of nitro groups is 1. The van der Waals surface area contributed by atoms with E-state index in [4.69, 9.17) is 4.74 Å². The highest BCUT2D eigenvalue weighted by molar-refractivity contribution is 6.39. The van der Waals surface area contributed by atoms with Gasteiger partial charge in [-0.2, -0.15) is 0 Å². The molecular formula is C19H21N3O5. The molecule has 142 valence electrons. The number of nitro benzene ring substituents is 1. The van der Waals surface area contributed by atoms with Gasteiger partial charge in [0.05, 0.1) is 17.7 Å². The van der Waals surface area contributed by atoms with Crippen molar-refractivity contribution in [2.45, 2.75) is 26.4 Å². The summed E-state index contributed by atoms with van der Waals surface area (Å²) in [7, 11) is 1.37. The van der Waals surface area contributed by atoms with Crippen LogP contribution in [0.1, 0.15) is 19.4 Å². The van der Waals surface area contributed by atoms with Crippen molar-refractivity contribution in [1.82, 2.24) is 4.90 Å². The van der Waals surface area contributed by atoms with Crippen molar-refractivity contribution in [3.63, 3.8) is 0 Å². The standard InChI is InChI=1S/C19H21N3O5/c1-13(2)21(12-14-7-5-4-6-8-14)19(24)18(23)20-16-11-15(22(25)26)9-10-17(16)27-3/h4-11,13H,12H2,1-3H3,(H,20,23). The van der Waals surface area contributed by atoms with Gasteiger partial charge in [0.1, 0.15) is 5.75 Å². The van der Waals surface area contributed by atoms with Crippen LogP contribution in [-0.4, -0.2) is 34.8 Å². The quantitative estimate of drug-likeness (QED) is 0.478. The monoisotopic (exact) mass is 371 g/mol. The van der Waals surface area contributed by atoms with Crippen molar-refractivity contribution >= 4 is 23.2 Å². The molecule has 0 saturated carbocycles. The number of rotatable bonds is 6. The van der Waals surface area contributed by atoms with Crippen molar-refractivity contribution < 1.29 is 19.2 Å². The Morgan fingerprint density at radius 2 is 1.85 bits per heavy atom. The Bertz CT molecular complexity index is 836. The molecule has 0 heterocycles. The third kappa shape index (κ3) is 5.04. The molecule has 0 aromatic heterocycles. The molecule has 0 radical (unpaired) electrons. The number of ether oxygens (including phenoxy) is 1. The van der Waals surface area contributed by atoms with Crippen molar-refractivity contribution in [3.05, 3.63) is 64.2 Å². The second-order valence-electron chi connectivity index (χ2n) is 6.11. The zero-order chi connectivity index (χ0) is 20.0. The van der Waals surface area contributed by atoms with Crippen LogP contribution in [0.2, 0.25) is 0 Å². The van der Waals surface area contributed by atoms with Crippen LogP contribution in [0, 0.1) is 10.1 Å². The first-order chi connectivity index (χ1) is 12.8. The third-order valence-corrected chi connectivity index (χ3v) is 3.92. The van der Waals surface area contributed by atoms with Gasteiger partial charge in [-0.15, -0.1) is 0 Å². The number of hydrogen-bond acceptors (Lipinski definition) is 5. The van der Waals surface area contributed by atoms with Gasteiger partial charge in [-0.05, 0) is 25.5 Å². The highest BCUT2D eigenvalue weighted by atomic mass is 16.6. The van der Waals surface area contributed by atoms with Gasteiger partial charge in [0.25, 0.3) is 5.69 Å². The zero-order valence-electron chi connectivity index (χ0n) is 15.3. The number of non-ortho nitro benzene ring substituents is 1. The van der Waals surface area contributed by atoms with Crippen LogP contribution in [0.5, 0.6) is 5.75 Å². The lowest BCUT2D eigenvalue weighted by Gasteiger charge is -2.26. The summed E-state index contributed by atoms with van der Waals surface area (Å²) in [4.78, 5) is 36.9. The minimum absolute atomic E-state index is 0.0634. The fraction of sp³-hybridized carbons (Fsp3) is 0.263. The van der Waals surface area contributed by atoms with E-state index in [0.29, 0.717) is 0 Å². The summed E-state index contributed by atoms with van der Waals surface area (Å²) in [6.45, 7) is 3.89. The van der Waals surface area contributed by atoms with E-state index in [-0.39, 0.29) is 29.7 Å². The summed E-state index contributed by atoms with van der Waals surface area (Å²) >= 11 is 0. The van der Waals surface area contributed by atoms with Gasteiger partial charge in [-0.1, -0.05) is 30.3 Å². The zero-order valence-corrected chi connectivity index (χ0v) is 15.3. The summed E-state index contributed by atoms with van der Waals surface area (Å²) in [5, 5.41) is 13.4. The van der Waals surface area contributed by atoms with Crippen LogP contribution in [0.4, 0.5) is 11.4 Å². The molecule has 0 spiro atoms. The molecule has 2 aromatic carbocycles. The lowest BCUT2D eigenvalue weighted by Crippen LogP contribution is -2.43. The highest BCUT2D eigenvalue weighted by Crippen LogP contribution is 2.29. The first-order valence-corrected chi connectivity index (χ1v) is 8.31. The average molecular weight is 371 g/mol. The number of nitrogens with one attached hydrogen (secondary N) is 1. The number of amides is 2. The number of benzene rings is 2. The molecule has 0 atom stereocenters. The lowest BCUT2D eigenvalue weighted by molar-refractivity contribution is -0.384. The SMILES string of the molecule is COc1ccc([N+](=O)[O-])cc1NC(=O)C(=O)N(Cc1ccccc1)C(C)C. The predicted molar refractivity (Wildman–Crippen MR) is 100 cm³/mol. The predicted octanol–water partition coefficient (Wildman–Crippen LogP) is 2.98. The van der Waals surface area contributed by atoms with Gasteiger partial charge in [0.2, 0.25) is 0 Å². The maximum Gasteiger partial charge on any atom is 0.314 e. The van der Waals surface area contributed by atoms with Gasteiger partial charge in [0, 0.05) is 24.7 Å². The maximum atomic E-state index is 12.7.